The van der Waals surface area contributed by atoms with Gasteiger partial charge in [0.15, 0.2) is 0 Å². The normalized spacial score (nSPS) is 39.0. The fourth-order valence-electron chi connectivity index (χ4n) is 2.12. The molecule has 3 heterocycles. The smallest absolute Gasteiger partial charge is 0.287 e. The Morgan fingerprint density at radius 1 is 1.21 bits per heavy atom. The molecule has 3 aliphatic heterocycles. The lowest BCUT2D eigenvalue weighted by molar-refractivity contribution is -0.470. The number of hydrogen-bond donors (Lipinski definition) is 1. The molecule has 0 amide bonds. The molecular formula is C10H19NO3. The first kappa shape index (κ1) is 10.4. The van der Waals surface area contributed by atoms with E-state index in [2.05, 4.69) is 13.8 Å². The Labute approximate surface area is 84.7 Å². The quantitative estimate of drug-likeness (QED) is 0.725. The van der Waals surface area contributed by atoms with E-state index >= 15 is 0 Å². The standard InChI is InChI=1S/C10H19NO3/c1-7(2)9(3-11)10-12-4-8(5-13-10)6-14-10/h7-9H,3-6,11H2,1-2H3. The highest BCUT2D eigenvalue weighted by atomic mass is 16.9. The Balaban J connectivity index is 2.12. The van der Waals surface area contributed by atoms with Gasteiger partial charge in [-0.05, 0) is 5.92 Å². The van der Waals surface area contributed by atoms with Crippen molar-refractivity contribution >= 4 is 0 Å². The second-order valence-corrected chi connectivity index (χ2v) is 4.49. The monoisotopic (exact) mass is 201 g/mol. The lowest BCUT2D eigenvalue weighted by Crippen LogP contribution is -2.60. The Bertz CT molecular complexity index is 186. The lowest BCUT2D eigenvalue weighted by atomic mass is 9.91. The van der Waals surface area contributed by atoms with Crippen molar-refractivity contribution in [1.29, 1.82) is 0 Å². The summed E-state index contributed by atoms with van der Waals surface area (Å²) in [5.74, 6) is 0.0679. The maximum atomic E-state index is 5.74. The van der Waals surface area contributed by atoms with Crippen LogP contribution in [0.2, 0.25) is 0 Å². The van der Waals surface area contributed by atoms with E-state index in [0.717, 1.165) is 19.8 Å². The highest BCUT2D eigenvalue weighted by Crippen LogP contribution is 2.38. The van der Waals surface area contributed by atoms with Crippen molar-refractivity contribution in [2.75, 3.05) is 26.4 Å². The summed E-state index contributed by atoms with van der Waals surface area (Å²) < 4.78 is 17.0. The summed E-state index contributed by atoms with van der Waals surface area (Å²) in [5.41, 5.74) is 5.74. The predicted octanol–water partition coefficient (Wildman–Crippen LogP) is 0.564. The summed E-state index contributed by atoms with van der Waals surface area (Å²) in [6.45, 7) is 6.98. The first-order valence-corrected chi connectivity index (χ1v) is 5.30. The minimum absolute atomic E-state index is 0.115. The highest BCUT2D eigenvalue weighted by Gasteiger charge is 2.50. The van der Waals surface area contributed by atoms with Crippen LogP contribution in [-0.4, -0.2) is 32.3 Å². The maximum absolute atomic E-state index is 5.74. The minimum Gasteiger partial charge on any atom is -0.330 e. The first-order valence-electron chi connectivity index (χ1n) is 5.30. The fourth-order valence-corrected chi connectivity index (χ4v) is 2.12. The van der Waals surface area contributed by atoms with E-state index in [4.69, 9.17) is 19.9 Å². The van der Waals surface area contributed by atoms with E-state index < -0.39 is 5.97 Å². The molecular weight excluding hydrogens is 182 g/mol. The zero-order valence-electron chi connectivity index (χ0n) is 8.86. The molecule has 0 radical (unpaired) electrons. The SMILES string of the molecule is CC(C)C(CN)C12OCC(CO1)CO2. The Morgan fingerprint density at radius 2 is 1.71 bits per heavy atom. The van der Waals surface area contributed by atoms with Gasteiger partial charge in [0.25, 0.3) is 5.97 Å². The molecule has 82 valence electrons. The molecule has 0 aromatic carbocycles. The summed E-state index contributed by atoms with van der Waals surface area (Å²) in [7, 11) is 0. The molecule has 0 saturated carbocycles. The van der Waals surface area contributed by atoms with Crippen molar-refractivity contribution in [2.24, 2.45) is 23.5 Å². The van der Waals surface area contributed by atoms with E-state index in [1.807, 2.05) is 0 Å². The van der Waals surface area contributed by atoms with Gasteiger partial charge in [0.1, 0.15) is 0 Å². The Morgan fingerprint density at radius 3 is 2.07 bits per heavy atom. The van der Waals surface area contributed by atoms with E-state index in [-0.39, 0.29) is 5.92 Å². The van der Waals surface area contributed by atoms with Crippen LogP contribution < -0.4 is 5.73 Å². The maximum Gasteiger partial charge on any atom is 0.287 e. The van der Waals surface area contributed by atoms with E-state index in [1.165, 1.54) is 0 Å². The van der Waals surface area contributed by atoms with Crippen LogP contribution in [0.15, 0.2) is 0 Å². The second-order valence-electron chi connectivity index (χ2n) is 4.49. The largest absolute Gasteiger partial charge is 0.330 e. The van der Waals surface area contributed by atoms with Gasteiger partial charge in [-0.3, -0.25) is 0 Å². The number of nitrogens with two attached hydrogens (primary N) is 1. The van der Waals surface area contributed by atoms with Crippen LogP contribution >= 0.6 is 0 Å². The molecule has 2 bridgehead atoms. The molecule has 3 fully saturated rings. The fraction of sp³-hybridized carbons (Fsp3) is 1.00. The molecule has 0 aromatic rings. The molecule has 1 atom stereocenters. The summed E-state index contributed by atoms with van der Waals surface area (Å²) in [6, 6.07) is 0. The Kier molecular flexibility index (Phi) is 2.79. The third kappa shape index (κ3) is 1.56. The summed E-state index contributed by atoms with van der Waals surface area (Å²) in [4.78, 5) is 0. The van der Waals surface area contributed by atoms with Crippen LogP contribution in [0, 0.1) is 17.8 Å². The lowest BCUT2D eigenvalue weighted by Gasteiger charge is -2.49. The zero-order valence-corrected chi connectivity index (χ0v) is 8.86. The van der Waals surface area contributed by atoms with Crippen molar-refractivity contribution in [3.63, 3.8) is 0 Å². The number of hydrogen-bond acceptors (Lipinski definition) is 4. The third-order valence-corrected chi connectivity index (χ3v) is 3.07. The van der Waals surface area contributed by atoms with Gasteiger partial charge in [0.2, 0.25) is 0 Å². The molecule has 1 unspecified atom stereocenters. The molecule has 3 saturated heterocycles. The minimum atomic E-state index is -0.850. The molecule has 3 aliphatic rings. The van der Waals surface area contributed by atoms with Gasteiger partial charge in [-0.25, -0.2) is 0 Å². The van der Waals surface area contributed by atoms with Crippen molar-refractivity contribution in [3.8, 4) is 0 Å². The summed E-state index contributed by atoms with van der Waals surface area (Å²) in [5, 5.41) is 0. The second kappa shape index (κ2) is 3.77. The van der Waals surface area contributed by atoms with Gasteiger partial charge in [-0.2, -0.15) is 0 Å². The molecule has 0 aromatic heterocycles. The Hall–Kier alpha value is -0.160. The van der Waals surface area contributed by atoms with Crippen LogP contribution in [0.25, 0.3) is 0 Å². The molecule has 14 heavy (non-hydrogen) atoms. The van der Waals surface area contributed by atoms with Crippen LogP contribution in [0.1, 0.15) is 13.8 Å². The first-order chi connectivity index (χ1) is 6.68. The van der Waals surface area contributed by atoms with Crippen LogP contribution in [0.4, 0.5) is 0 Å². The van der Waals surface area contributed by atoms with E-state index in [1.54, 1.807) is 0 Å². The van der Waals surface area contributed by atoms with Gasteiger partial charge in [0.05, 0.1) is 25.7 Å². The molecule has 0 aliphatic carbocycles. The van der Waals surface area contributed by atoms with Crippen molar-refractivity contribution < 1.29 is 14.2 Å². The molecule has 4 heteroatoms. The van der Waals surface area contributed by atoms with Gasteiger partial charge < -0.3 is 19.9 Å². The summed E-state index contributed by atoms with van der Waals surface area (Å²) in [6.07, 6.45) is 0. The molecule has 2 N–H and O–H groups in total. The topological polar surface area (TPSA) is 53.7 Å². The molecule has 4 nitrogen and oxygen atoms in total. The van der Waals surface area contributed by atoms with Crippen molar-refractivity contribution in [3.05, 3.63) is 0 Å². The highest BCUT2D eigenvalue weighted by molar-refractivity contribution is 4.83. The average Bonchev–Trinajstić information content (AvgIpc) is 2.20. The number of ether oxygens (including phenoxy) is 3. The predicted molar refractivity (Wildman–Crippen MR) is 51.5 cm³/mol. The third-order valence-electron chi connectivity index (χ3n) is 3.07. The molecule has 3 rings (SSSR count). The van der Waals surface area contributed by atoms with Crippen molar-refractivity contribution in [2.45, 2.75) is 19.8 Å². The van der Waals surface area contributed by atoms with Crippen LogP contribution in [0.3, 0.4) is 0 Å². The van der Waals surface area contributed by atoms with Crippen molar-refractivity contribution in [1.82, 2.24) is 0 Å². The average molecular weight is 201 g/mol. The van der Waals surface area contributed by atoms with Gasteiger partial charge in [-0.15, -0.1) is 0 Å². The van der Waals surface area contributed by atoms with E-state index in [0.29, 0.717) is 18.4 Å². The molecule has 0 spiro atoms. The zero-order chi connectivity index (χ0) is 10.2. The number of rotatable bonds is 3. The van der Waals surface area contributed by atoms with Crippen LogP contribution in [0.5, 0.6) is 0 Å². The van der Waals surface area contributed by atoms with Gasteiger partial charge >= 0.3 is 0 Å². The van der Waals surface area contributed by atoms with Crippen LogP contribution in [-0.2, 0) is 14.2 Å². The van der Waals surface area contributed by atoms with Gasteiger partial charge in [-0.1, -0.05) is 13.8 Å². The summed E-state index contributed by atoms with van der Waals surface area (Å²) >= 11 is 0. The number of fused-ring (bicyclic) bond motifs is 3. The van der Waals surface area contributed by atoms with Gasteiger partial charge in [0, 0.05) is 12.5 Å². The van der Waals surface area contributed by atoms with E-state index in [9.17, 15) is 0 Å².